The van der Waals surface area contributed by atoms with Crippen LogP contribution in [-0.4, -0.2) is 25.2 Å². The second-order valence-corrected chi connectivity index (χ2v) is 5.86. The second-order valence-electron chi connectivity index (χ2n) is 5.00. The van der Waals surface area contributed by atoms with E-state index in [4.69, 9.17) is 9.47 Å². The zero-order valence-corrected chi connectivity index (χ0v) is 14.7. The van der Waals surface area contributed by atoms with Crippen molar-refractivity contribution in [3.8, 4) is 17.2 Å². The van der Waals surface area contributed by atoms with Crippen LogP contribution in [0.2, 0.25) is 0 Å². The van der Waals surface area contributed by atoms with Gasteiger partial charge in [0.1, 0.15) is 5.75 Å². The molecule has 0 heterocycles. The summed E-state index contributed by atoms with van der Waals surface area (Å²) in [4.78, 5) is 12.2. The number of methoxy groups -OCH3 is 2. The Balaban J connectivity index is 2.17. The number of aromatic hydroxyl groups is 1. The molecule has 0 aliphatic rings. The summed E-state index contributed by atoms with van der Waals surface area (Å²) in [6, 6.07) is 8.48. The molecule has 2 aromatic rings. The van der Waals surface area contributed by atoms with Crippen LogP contribution in [0.1, 0.15) is 21.5 Å². The molecular weight excluding hydrogens is 362 g/mol. The van der Waals surface area contributed by atoms with Crippen molar-refractivity contribution in [1.29, 1.82) is 0 Å². The maximum Gasteiger partial charge on any atom is 0.255 e. The number of halogens is 1. The molecule has 2 N–H and O–H groups in total. The van der Waals surface area contributed by atoms with E-state index in [2.05, 4.69) is 21.2 Å². The summed E-state index contributed by atoms with van der Waals surface area (Å²) in [6.07, 6.45) is 0. The van der Waals surface area contributed by atoms with E-state index in [0.29, 0.717) is 11.5 Å². The molecule has 1 amide bonds. The summed E-state index contributed by atoms with van der Waals surface area (Å²) in [5.74, 6) is 0.802. The highest BCUT2D eigenvalue weighted by atomic mass is 79.9. The minimum atomic E-state index is -0.340. The van der Waals surface area contributed by atoms with Gasteiger partial charge in [0.2, 0.25) is 0 Å². The van der Waals surface area contributed by atoms with Gasteiger partial charge in [-0.15, -0.1) is 0 Å². The first-order valence-electron chi connectivity index (χ1n) is 6.94. The van der Waals surface area contributed by atoms with Gasteiger partial charge in [0.05, 0.1) is 19.8 Å². The monoisotopic (exact) mass is 379 g/mol. The Morgan fingerprint density at radius 3 is 2.48 bits per heavy atom. The molecule has 0 bridgehead atoms. The standard InChI is InChI=1S/C17H18BrNO4/c1-10-4-5-14(20)12(6-10)17(21)19-9-11-7-15(22-2)16(23-3)8-13(11)18/h4-8,20H,9H2,1-3H3,(H,19,21). The fourth-order valence-corrected chi connectivity index (χ4v) is 2.60. The predicted molar refractivity (Wildman–Crippen MR) is 91.3 cm³/mol. The van der Waals surface area contributed by atoms with Gasteiger partial charge >= 0.3 is 0 Å². The number of amides is 1. The average Bonchev–Trinajstić information content (AvgIpc) is 2.55. The molecule has 2 rings (SSSR count). The maximum absolute atomic E-state index is 12.2. The molecular formula is C17H18BrNO4. The first-order chi connectivity index (χ1) is 11.0. The molecule has 0 unspecified atom stereocenters. The number of benzene rings is 2. The van der Waals surface area contributed by atoms with Crippen molar-refractivity contribution in [2.24, 2.45) is 0 Å². The zero-order chi connectivity index (χ0) is 17.0. The van der Waals surface area contributed by atoms with E-state index in [0.717, 1.165) is 15.6 Å². The lowest BCUT2D eigenvalue weighted by Gasteiger charge is -2.13. The van der Waals surface area contributed by atoms with Gasteiger partial charge in [-0.05, 0) is 36.8 Å². The SMILES string of the molecule is COc1cc(Br)c(CNC(=O)c2cc(C)ccc2O)cc1OC. The number of nitrogens with one attached hydrogen (secondary N) is 1. The van der Waals surface area contributed by atoms with Crippen LogP contribution < -0.4 is 14.8 Å². The Morgan fingerprint density at radius 1 is 1.17 bits per heavy atom. The first-order valence-corrected chi connectivity index (χ1v) is 7.73. The average molecular weight is 380 g/mol. The number of ether oxygens (including phenoxy) is 2. The molecule has 2 aromatic carbocycles. The Kier molecular flexibility index (Phi) is 5.50. The summed E-state index contributed by atoms with van der Waals surface area (Å²) in [5.41, 5.74) is 1.99. The Hall–Kier alpha value is -2.21. The number of aryl methyl sites for hydroxylation is 1. The summed E-state index contributed by atoms with van der Waals surface area (Å²) >= 11 is 3.45. The van der Waals surface area contributed by atoms with E-state index in [9.17, 15) is 9.90 Å². The highest BCUT2D eigenvalue weighted by Gasteiger charge is 2.13. The third-order valence-corrected chi connectivity index (χ3v) is 4.13. The molecule has 122 valence electrons. The third-order valence-electron chi connectivity index (χ3n) is 3.39. The fourth-order valence-electron chi connectivity index (χ4n) is 2.13. The largest absolute Gasteiger partial charge is 0.507 e. The van der Waals surface area contributed by atoms with E-state index in [1.165, 1.54) is 6.07 Å². The van der Waals surface area contributed by atoms with E-state index >= 15 is 0 Å². The van der Waals surface area contributed by atoms with Gasteiger partial charge in [-0.1, -0.05) is 27.6 Å². The van der Waals surface area contributed by atoms with Crippen LogP contribution in [0.15, 0.2) is 34.8 Å². The Labute approximate surface area is 143 Å². The van der Waals surface area contributed by atoms with Gasteiger partial charge in [-0.3, -0.25) is 4.79 Å². The van der Waals surface area contributed by atoms with E-state index < -0.39 is 0 Å². The Morgan fingerprint density at radius 2 is 1.83 bits per heavy atom. The van der Waals surface area contributed by atoms with Crippen molar-refractivity contribution >= 4 is 21.8 Å². The number of hydrogen-bond donors (Lipinski definition) is 2. The van der Waals surface area contributed by atoms with Crippen molar-refractivity contribution < 1.29 is 19.4 Å². The van der Waals surface area contributed by atoms with Crippen LogP contribution in [0, 0.1) is 6.92 Å². The van der Waals surface area contributed by atoms with Crippen molar-refractivity contribution in [3.05, 3.63) is 51.5 Å². The highest BCUT2D eigenvalue weighted by Crippen LogP contribution is 2.33. The minimum absolute atomic E-state index is 0.0422. The summed E-state index contributed by atoms with van der Waals surface area (Å²) in [5, 5.41) is 12.6. The van der Waals surface area contributed by atoms with Crippen LogP contribution in [-0.2, 0) is 6.54 Å². The number of phenols is 1. The van der Waals surface area contributed by atoms with E-state index in [1.807, 2.05) is 6.92 Å². The lowest BCUT2D eigenvalue weighted by atomic mass is 10.1. The van der Waals surface area contributed by atoms with Crippen LogP contribution >= 0.6 is 15.9 Å². The van der Waals surface area contributed by atoms with Crippen molar-refractivity contribution in [2.75, 3.05) is 14.2 Å². The van der Waals surface area contributed by atoms with Gasteiger partial charge in [0, 0.05) is 11.0 Å². The van der Waals surface area contributed by atoms with E-state index in [-0.39, 0.29) is 23.8 Å². The summed E-state index contributed by atoms with van der Waals surface area (Å²) in [6.45, 7) is 2.15. The molecule has 23 heavy (non-hydrogen) atoms. The van der Waals surface area contributed by atoms with Gasteiger partial charge in [0.25, 0.3) is 5.91 Å². The van der Waals surface area contributed by atoms with Gasteiger partial charge in [-0.25, -0.2) is 0 Å². The molecule has 0 aliphatic heterocycles. The summed E-state index contributed by atoms with van der Waals surface area (Å²) in [7, 11) is 3.12. The van der Waals surface area contributed by atoms with Crippen molar-refractivity contribution in [2.45, 2.75) is 13.5 Å². The minimum Gasteiger partial charge on any atom is -0.507 e. The van der Waals surface area contributed by atoms with Crippen LogP contribution in [0.5, 0.6) is 17.2 Å². The van der Waals surface area contributed by atoms with Crippen LogP contribution in [0.4, 0.5) is 0 Å². The molecule has 0 spiro atoms. The van der Waals surface area contributed by atoms with Crippen LogP contribution in [0.25, 0.3) is 0 Å². The van der Waals surface area contributed by atoms with Gasteiger partial charge < -0.3 is 19.9 Å². The molecule has 5 nitrogen and oxygen atoms in total. The molecule has 0 aliphatic carbocycles. The quantitative estimate of drug-likeness (QED) is 0.834. The topological polar surface area (TPSA) is 67.8 Å². The molecule has 0 fully saturated rings. The molecule has 0 saturated heterocycles. The smallest absolute Gasteiger partial charge is 0.255 e. The fraction of sp³-hybridized carbons (Fsp3) is 0.235. The van der Waals surface area contributed by atoms with Gasteiger partial charge in [-0.2, -0.15) is 0 Å². The molecule has 6 heteroatoms. The highest BCUT2D eigenvalue weighted by molar-refractivity contribution is 9.10. The molecule has 0 radical (unpaired) electrons. The second kappa shape index (κ2) is 7.37. The molecule has 0 saturated carbocycles. The summed E-state index contributed by atoms with van der Waals surface area (Å²) < 4.78 is 11.3. The number of phenolic OH excluding ortho intramolecular Hbond substituents is 1. The Bertz CT molecular complexity index is 731. The lowest BCUT2D eigenvalue weighted by molar-refractivity contribution is 0.0948. The third kappa shape index (κ3) is 3.96. The number of carbonyl (C=O) groups excluding carboxylic acids is 1. The van der Waals surface area contributed by atoms with E-state index in [1.54, 1.807) is 38.5 Å². The normalized spacial score (nSPS) is 10.3. The van der Waals surface area contributed by atoms with Gasteiger partial charge in [0.15, 0.2) is 11.5 Å². The lowest BCUT2D eigenvalue weighted by Crippen LogP contribution is -2.23. The number of rotatable bonds is 5. The van der Waals surface area contributed by atoms with Crippen molar-refractivity contribution in [1.82, 2.24) is 5.32 Å². The number of carbonyl (C=O) groups is 1. The zero-order valence-electron chi connectivity index (χ0n) is 13.1. The molecule has 0 aromatic heterocycles. The van der Waals surface area contributed by atoms with Crippen LogP contribution in [0.3, 0.4) is 0 Å². The number of hydrogen-bond acceptors (Lipinski definition) is 4. The maximum atomic E-state index is 12.2. The predicted octanol–water partition coefficient (Wildman–Crippen LogP) is 3.41. The molecule has 0 atom stereocenters. The van der Waals surface area contributed by atoms with Crippen molar-refractivity contribution in [3.63, 3.8) is 0 Å². The first kappa shape index (κ1) is 17.1.